The van der Waals surface area contributed by atoms with Crippen LogP contribution in [0, 0.1) is 0 Å². The van der Waals surface area contributed by atoms with Crippen LogP contribution >= 0.6 is 11.6 Å². The molecular formula is C17H23ClN4O3S. The first-order chi connectivity index (χ1) is 12.4. The maximum Gasteiger partial charge on any atom is 0.261 e. The fraction of sp³-hybridized carbons (Fsp3) is 0.471. The Morgan fingerprint density at radius 2 is 2.00 bits per heavy atom. The zero-order valence-electron chi connectivity index (χ0n) is 14.9. The molecule has 1 unspecified atom stereocenters. The largest absolute Gasteiger partial charge is 0.496 e. The van der Waals surface area contributed by atoms with E-state index in [1.54, 1.807) is 14.2 Å². The second kappa shape index (κ2) is 7.96. The molecule has 9 heteroatoms. The van der Waals surface area contributed by atoms with Crippen molar-refractivity contribution in [2.75, 3.05) is 26.7 Å². The first kappa shape index (κ1) is 19.2. The molecule has 2 heterocycles. The molecule has 1 saturated heterocycles. The molecule has 1 atom stereocenters. The van der Waals surface area contributed by atoms with Crippen LogP contribution in [0.25, 0.3) is 0 Å². The van der Waals surface area contributed by atoms with E-state index in [0.717, 1.165) is 37.2 Å². The summed E-state index contributed by atoms with van der Waals surface area (Å²) in [4.78, 5) is 6.19. The van der Waals surface area contributed by atoms with E-state index in [4.69, 9.17) is 16.3 Å². The van der Waals surface area contributed by atoms with E-state index in [0.29, 0.717) is 0 Å². The van der Waals surface area contributed by atoms with Crippen LogP contribution in [0.5, 0.6) is 5.75 Å². The molecule has 142 valence electrons. The van der Waals surface area contributed by atoms with Crippen molar-refractivity contribution in [3.05, 3.63) is 41.3 Å². The first-order valence-corrected chi connectivity index (χ1v) is 10.3. The van der Waals surface area contributed by atoms with Crippen molar-refractivity contribution < 1.29 is 13.2 Å². The number of hydrogen-bond acceptors (Lipinski definition) is 5. The third-order valence-corrected chi connectivity index (χ3v) is 6.55. The fourth-order valence-electron chi connectivity index (χ4n) is 3.26. The molecule has 0 aliphatic carbocycles. The minimum Gasteiger partial charge on any atom is -0.496 e. The van der Waals surface area contributed by atoms with Gasteiger partial charge in [-0.2, -0.15) is 0 Å². The highest BCUT2D eigenvalue weighted by atomic mass is 35.5. The second-order valence-electron chi connectivity index (χ2n) is 6.30. The van der Waals surface area contributed by atoms with Crippen LogP contribution in [0.1, 0.15) is 24.4 Å². The van der Waals surface area contributed by atoms with Gasteiger partial charge >= 0.3 is 0 Å². The normalized spacial score (nSPS) is 16.7. The molecule has 0 radical (unpaired) electrons. The van der Waals surface area contributed by atoms with Gasteiger partial charge in [0.1, 0.15) is 10.9 Å². The maximum atomic E-state index is 12.7. The molecule has 1 aromatic carbocycles. The Morgan fingerprint density at radius 1 is 1.31 bits per heavy atom. The summed E-state index contributed by atoms with van der Waals surface area (Å²) >= 11 is 6.05. The number of hydrogen-bond donors (Lipinski definition) is 1. The van der Waals surface area contributed by atoms with E-state index in [-0.39, 0.29) is 22.8 Å². The molecular weight excluding hydrogens is 376 g/mol. The SMILES string of the molecule is COc1ccccc1C(CNS(=O)(=O)c1ncn(C)c1Cl)N1CCCC1. The third-order valence-electron chi connectivity index (χ3n) is 4.63. The molecule has 7 nitrogen and oxygen atoms in total. The van der Waals surface area contributed by atoms with Crippen LogP contribution in [0.2, 0.25) is 5.15 Å². The molecule has 0 saturated carbocycles. The number of rotatable bonds is 7. The predicted molar refractivity (Wildman–Crippen MR) is 99.9 cm³/mol. The zero-order valence-corrected chi connectivity index (χ0v) is 16.4. The van der Waals surface area contributed by atoms with Crippen molar-refractivity contribution >= 4 is 21.6 Å². The number of imidazole rings is 1. The number of nitrogens with one attached hydrogen (secondary N) is 1. The highest BCUT2D eigenvalue weighted by molar-refractivity contribution is 7.89. The van der Waals surface area contributed by atoms with E-state index in [1.165, 1.54) is 10.9 Å². The summed E-state index contributed by atoms with van der Waals surface area (Å²) in [6, 6.07) is 7.59. The third kappa shape index (κ3) is 3.88. The Bertz CT molecular complexity index is 863. The highest BCUT2D eigenvalue weighted by Crippen LogP contribution is 2.31. The monoisotopic (exact) mass is 398 g/mol. The van der Waals surface area contributed by atoms with Gasteiger partial charge in [0.05, 0.1) is 19.5 Å². The van der Waals surface area contributed by atoms with E-state index < -0.39 is 10.0 Å². The van der Waals surface area contributed by atoms with Gasteiger partial charge in [-0.05, 0) is 32.0 Å². The van der Waals surface area contributed by atoms with Gasteiger partial charge in [-0.3, -0.25) is 4.90 Å². The van der Waals surface area contributed by atoms with Crippen molar-refractivity contribution in [1.82, 2.24) is 19.2 Å². The molecule has 26 heavy (non-hydrogen) atoms. The lowest BCUT2D eigenvalue weighted by atomic mass is 10.0. The minimum atomic E-state index is -3.80. The average Bonchev–Trinajstić information content (AvgIpc) is 3.27. The number of aryl methyl sites for hydroxylation is 1. The summed E-state index contributed by atoms with van der Waals surface area (Å²) < 4.78 is 34.9. The molecule has 1 aliphatic rings. The van der Waals surface area contributed by atoms with Gasteiger partial charge in [-0.1, -0.05) is 29.8 Å². The van der Waals surface area contributed by atoms with E-state index in [1.807, 2.05) is 24.3 Å². The summed E-state index contributed by atoms with van der Waals surface area (Å²) in [5.74, 6) is 0.750. The van der Waals surface area contributed by atoms with Crippen LogP contribution in [0.3, 0.4) is 0 Å². The summed E-state index contributed by atoms with van der Waals surface area (Å²) in [6.45, 7) is 2.07. The van der Waals surface area contributed by atoms with Crippen LogP contribution in [0.15, 0.2) is 35.6 Å². The Morgan fingerprint density at radius 3 is 2.62 bits per heavy atom. The summed E-state index contributed by atoms with van der Waals surface area (Å²) in [5, 5.41) is -0.0608. The molecule has 2 aromatic rings. The minimum absolute atomic E-state index is 0.0903. The van der Waals surface area contributed by atoms with Gasteiger partial charge < -0.3 is 9.30 Å². The lowest BCUT2D eigenvalue weighted by molar-refractivity contribution is 0.240. The van der Waals surface area contributed by atoms with Gasteiger partial charge in [-0.25, -0.2) is 18.1 Å². The summed E-state index contributed by atoms with van der Waals surface area (Å²) in [6.07, 6.45) is 3.59. The Balaban J connectivity index is 1.86. The molecule has 1 aliphatic heterocycles. The Kier molecular flexibility index (Phi) is 5.86. The first-order valence-electron chi connectivity index (χ1n) is 8.47. The van der Waals surface area contributed by atoms with Crippen molar-refractivity contribution in [2.45, 2.75) is 23.9 Å². The Labute approximate surface area is 159 Å². The number of aromatic nitrogens is 2. The van der Waals surface area contributed by atoms with Crippen molar-refractivity contribution in [2.24, 2.45) is 7.05 Å². The summed E-state index contributed by atoms with van der Waals surface area (Å²) in [7, 11) is -0.532. The highest BCUT2D eigenvalue weighted by Gasteiger charge is 2.29. The van der Waals surface area contributed by atoms with Gasteiger partial charge in [-0.15, -0.1) is 0 Å². The van der Waals surface area contributed by atoms with Gasteiger partial charge in [0, 0.05) is 19.2 Å². The van der Waals surface area contributed by atoms with Crippen molar-refractivity contribution in [1.29, 1.82) is 0 Å². The Hall–Kier alpha value is -1.61. The van der Waals surface area contributed by atoms with E-state index in [2.05, 4.69) is 14.6 Å². The average molecular weight is 399 g/mol. The van der Waals surface area contributed by atoms with Gasteiger partial charge in [0.2, 0.25) is 5.03 Å². The standard InChI is InChI=1S/C17H23ClN4O3S/c1-21-12-19-17(16(21)18)26(23,24)20-11-14(22-9-5-6-10-22)13-7-3-4-8-15(13)25-2/h3-4,7-8,12,14,20H,5-6,9-11H2,1-2H3. The number of ether oxygens (including phenoxy) is 1. The molecule has 1 aromatic heterocycles. The molecule has 0 bridgehead atoms. The smallest absolute Gasteiger partial charge is 0.261 e. The van der Waals surface area contributed by atoms with Crippen LogP contribution in [0.4, 0.5) is 0 Å². The predicted octanol–water partition coefficient (Wildman–Crippen LogP) is 2.20. The van der Waals surface area contributed by atoms with Crippen molar-refractivity contribution in [3.8, 4) is 5.75 Å². The molecule has 0 amide bonds. The van der Waals surface area contributed by atoms with Gasteiger partial charge in [0.25, 0.3) is 10.0 Å². The van der Waals surface area contributed by atoms with Gasteiger partial charge in [0.15, 0.2) is 0 Å². The fourth-order valence-corrected chi connectivity index (χ4v) is 4.72. The molecule has 1 fully saturated rings. The zero-order chi connectivity index (χ0) is 18.7. The van der Waals surface area contributed by atoms with E-state index >= 15 is 0 Å². The topological polar surface area (TPSA) is 76.5 Å². The van der Waals surface area contributed by atoms with Crippen LogP contribution in [-0.4, -0.2) is 49.6 Å². The number of likely N-dealkylation sites (tertiary alicyclic amines) is 1. The number of sulfonamides is 1. The summed E-state index contributed by atoms with van der Waals surface area (Å²) in [5.41, 5.74) is 0.965. The van der Waals surface area contributed by atoms with E-state index in [9.17, 15) is 8.42 Å². The number of nitrogens with zero attached hydrogens (tertiary/aromatic N) is 3. The van der Waals surface area contributed by atoms with Crippen molar-refractivity contribution in [3.63, 3.8) is 0 Å². The lowest BCUT2D eigenvalue weighted by Gasteiger charge is -2.29. The molecule has 0 spiro atoms. The number of halogens is 1. The number of methoxy groups -OCH3 is 1. The lowest BCUT2D eigenvalue weighted by Crippen LogP contribution is -2.37. The quantitative estimate of drug-likeness (QED) is 0.773. The van der Waals surface area contributed by atoms with Crippen LogP contribution < -0.4 is 9.46 Å². The number of para-hydroxylation sites is 1. The second-order valence-corrected chi connectivity index (χ2v) is 8.34. The molecule has 3 rings (SSSR count). The maximum absolute atomic E-state index is 12.7. The number of benzene rings is 1. The van der Waals surface area contributed by atoms with Crippen LogP contribution in [-0.2, 0) is 17.1 Å². The molecule has 1 N–H and O–H groups in total.